The summed E-state index contributed by atoms with van der Waals surface area (Å²) in [7, 11) is 1.75. The van der Waals surface area contributed by atoms with E-state index in [1.165, 1.54) is 0 Å². The highest BCUT2D eigenvalue weighted by Gasteiger charge is 2.14. The fourth-order valence-electron chi connectivity index (χ4n) is 2.41. The molecule has 120 valence electrons. The van der Waals surface area contributed by atoms with Crippen LogP contribution in [0, 0.1) is 0 Å². The third kappa shape index (κ3) is 3.60. The summed E-state index contributed by atoms with van der Waals surface area (Å²) in [6, 6.07) is 20.7. The minimum absolute atomic E-state index is 0.0855. The molecule has 0 radical (unpaired) electrons. The first-order chi connectivity index (χ1) is 11.8. The van der Waals surface area contributed by atoms with Crippen molar-refractivity contribution in [3.8, 4) is 5.75 Å². The summed E-state index contributed by atoms with van der Waals surface area (Å²) in [5.74, 6) is 1.15. The predicted octanol–water partition coefficient (Wildman–Crippen LogP) is 3.93. The van der Waals surface area contributed by atoms with Gasteiger partial charge in [-0.15, -0.1) is 0 Å². The van der Waals surface area contributed by atoms with E-state index in [1.54, 1.807) is 37.5 Å². The summed E-state index contributed by atoms with van der Waals surface area (Å²) >= 11 is 0. The summed E-state index contributed by atoms with van der Waals surface area (Å²) in [6.07, 6.45) is 1.65. The normalized spacial score (nSPS) is 10.2. The molecule has 0 amide bonds. The van der Waals surface area contributed by atoms with Crippen molar-refractivity contribution in [3.63, 3.8) is 0 Å². The van der Waals surface area contributed by atoms with Crippen LogP contribution < -0.4 is 10.1 Å². The summed E-state index contributed by atoms with van der Waals surface area (Å²) in [4.78, 5) is 16.9. The summed E-state index contributed by atoms with van der Waals surface area (Å²) in [6.45, 7) is 0.465. The molecule has 0 saturated carbocycles. The third-order valence-electron chi connectivity index (χ3n) is 3.63. The lowest BCUT2D eigenvalue weighted by Gasteiger charge is -2.09. The van der Waals surface area contributed by atoms with Gasteiger partial charge in [-0.05, 0) is 29.8 Å². The number of anilines is 1. The van der Waals surface area contributed by atoms with E-state index in [0.29, 0.717) is 29.3 Å². The Hall–Kier alpha value is -3.14. The number of nitrogens with zero attached hydrogens (tertiary/aromatic N) is 1. The first-order valence-corrected chi connectivity index (χ1v) is 7.72. The first kappa shape index (κ1) is 15.7. The zero-order valence-electron chi connectivity index (χ0n) is 13.4. The van der Waals surface area contributed by atoms with Gasteiger partial charge in [0, 0.05) is 18.8 Å². The first-order valence-electron chi connectivity index (χ1n) is 7.72. The molecule has 0 aliphatic heterocycles. The maximum absolute atomic E-state index is 12.7. The Bertz CT molecular complexity index is 832. The number of pyridine rings is 1. The Morgan fingerprint density at radius 3 is 2.67 bits per heavy atom. The molecule has 0 spiro atoms. The molecule has 3 rings (SSSR count). The van der Waals surface area contributed by atoms with Crippen molar-refractivity contribution >= 4 is 11.6 Å². The van der Waals surface area contributed by atoms with Crippen molar-refractivity contribution in [2.45, 2.75) is 6.61 Å². The van der Waals surface area contributed by atoms with Gasteiger partial charge in [0.1, 0.15) is 18.2 Å². The molecule has 0 fully saturated rings. The van der Waals surface area contributed by atoms with Crippen LogP contribution in [0.2, 0.25) is 0 Å². The molecule has 3 aromatic rings. The largest absolute Gasteiger partial charge is 0.489 e. The number of aromatic nitrogens is 1. The standard InChI is InChI=1S/C20H18N2O2/c1-21-20-18(11-6-12-22-20)19(23)16-9-5-10-17(13-16)24-14-15-7-3-2-4-8-15/h2-13H,14H2,1H3,(H,21,22). The fraction of sp³-hybridized carbons (Fsp3) is 0.100. The molecule has 0 atom stereocenters. The van der Waals surface area contributed by atoms with Crippen molar-refractivity contribution in [3.05, 3.63) is 89.6 Å². The number of hydrogen-bond donors (Lipinski definition) is 1. The Kier molecular flexibility index (Phi) is 4.87. The molecule has 1 N–H and O–H groups in total. The number of hydrogen-bond acceptors (Lipinski definition) is 4. The second-order valence-corrected chi connectivity index (χ2v) is 5.28. The van der Waals surface area contributed by atoms with E-state index in [4.69, 9.17) is 4.74 Å². The number of benzene rings is 2. The number of ketones is 1. The zero-order valence-corrected chi connectivity index (χ0v) is 13.4. The van der Waals surface area contributed by atoms with Crippen LogP contribution in [0.15, 0.2) is 72.9 Å². The van der Waals surface area contributed by atoms with E-state index in [2.05, 4.69) is 10.3 Å². The lowest BCUT2D eigenvalue weighted by atomic mass is 10.0. The van der Waals surface area contributed by atoms with E-state index in [0.717, 1.165) is 5.56 Å². The van der Waals surface area contributed by atoms with E-state index in [1.807, 2.05) is 42.5 Å². The van der Waals surface area contributed by atoms with Gasteiger partial charge < -0.3 is 10.1 Å². The van der Waals surface area contributed by atoms with Gasteiger partial charge in [0.15, 0.2) is 5.78 Å². The van der Waals surface area contributed by atoms with Crippen molar-refractivity contribution in [1.29, 1.82) is 0 Å². The molecule has 0 saturated heterocycles. The number of carbonyl (C=O) groups excluding carboxylic acids is 1. The van der Waals surface area contributed by atoms with Crippen LogP contribution in [0.3, 0.4) is 0 Å². The van der Waals surface area contributed by atoms with Crippen LogP contribution in [-0.4, -0.2) is 17.8 Å². The van der Waals surface area contributed by atoms with Crippen molar-refractivity contribution in [2.24, 2.45) is 0 Å². The highest BCUT2D eigenvalue weighted by atomic mass is 16.5. The number of nitrogens with one attached hydrogen (secondary N) is 1. The summed E-state index contributed by atoms with van der Waals surface area (Å²) < 4.78 is 5.79. The van der Waals surface area contributed by atoms with Gasteiger partial charge in [-0.1, -0.05) is 42.5 Å². The zero-order chi connectivity index (χ0) is 16.8. The monoisotopic (exact) mass is 318 g/mol. The summed E-state index contributed by atoms with van der Waals surface area (Å²) in [5, 5.41) is 2.94. The van der Waals surface area contributed by atoms with E-state index in [9.17, 15) is 4.79 Å². The van der Waals surface area contributed by atoms with Gasteiger partial charge in [0.05, 0.1) is 5.56 Å². The lowest BCUT2D eigenvalue weighted by molar-refractivity contribution is 0.103. The molecular formula is C20H18N2O2. The van der Waals surface area contributed by atoms with Crippen molar-refractivity contribution in [1.82, 2.24) is 4.98 Å². The van der Waals surface area contributed by atoms with Crippen molar-refractivity contribution < 1.29 is 9.53 Å². The maximum atomic E-state index is 12.7. The van der Waals surface area contributed by atoms with Crippen LogP contribution in [0.25, 0.3) is 0 Å². The Morgan fingerprint density at radius 2 is 1.88 bits per heavy atom. The van der Waals surface area contributed by atoms with Gasteiger partial charge in [-0.3, -0.25) is 4.79 Å². The molecule has 0 aliphatic rings. The van der Waals surface area contributed by atoms with Crippen LogP contribution in [0.4, 0.5) is 5.82 Å². The third-order valence-corrected chi connectivity index (χ3v) is 3.63. The van der Waals surface area contributed by atoms with Crippen LogP contribution in [0.1, 0.15) is 21.5 Å². The topological polar surface area (TPSA) is 51.2 Å². The maximum Gasteiger partial charge on any atom is 0.196 e. The van der Waals surface area contributed by atoms with Gasteiger partial charge in [-0.25, -0.2) is 4.98 Å². The lowest BCUT2D eigenvalue weighted by Crippen LogP contribution is -2.07. The highest BCUT2D eigenvalue weighted by Crippen LogP contribution is 2.20. The van der Waals surface area contributed by atoms with E-state index < -0.39 is 0 Å². The molecule has 1 aromatic heterocycles. The second-order valence-electron chi connectivity index (χ2n) is 5.28. The van der Waals surface area contributed by atoms with Crippen LogP contribution >= 0.6 is 0 Å². The SMILES string of the molecule is CNc1ncccc1C(=O)c1cccc(OCc2ccccc2)c1. The molecule has 0 unspecified atom stereocenters. The minimum Gasteiger partial charge on any atom is -0.489 e. The molecule has 4 nitrogen and oxygen atoms in total. The quantitative estimate of drug-likeness (QED) is 0.700. The van der Waals surface area contributed by atoms with Gasteiger partial charge in [0.25, 0.3) is 0 Å². The smallest absolute Gasteiger partial charge is 0.196 e. The molecule has 2 aromatic carbocycles. The average Bonchev–Trinajstić information content (AvgIpc) is 2.67. The van der Waals surface area contributed by atoms with E-state index in [-0.39, 0.29) is 5.78 Å². The van der Waals surface area contributed by atoms with Gasteiger partial charge in [0.2, 0.25) is 0 Å². The fourth-order valence-corrected chi connectivity index (χ4v) is 2.41. The predicted molar refractivity (Wildman–Crippen MR) is 94.4 cm³/mol. The minimum atomic E-state index is -0.0855. The van der Waals surface area contributed by atoms with Gasteiger partial charge in [-0.2, -0.15) is 0 Å². The molecule has 0 aliphatic carbocycles. The molecular weight excluding hydrogens is 300 g/mol. The average molecular weight is 318 g/mol. The molecule has 0 bridgehead atoms. The van der Waals surface area contributed by atoms with Crippen molar-refractivity contribution in [2.75, 3.05) is 12.4 Å². The Balaban J connectivity index is 1.78. The molecule has 4 heteroatoms. The number of rotatable bonds is 6. The Labute approximate surface area is 141 Å². The Morgan fingerprint density at radius 1 is 1.04 bits per heavy atom. The van der Waals surface area contributed by atoms with Gasteiger partial charge >= 0.3 is 0 Å². The van der Waals surface area contributed by atoms with E-state index >= 15 is 0 Å². The summed E-state index contributed by atoms with van der Waals surface area (Å²) in [5.41, 5.74) is 2.20. The number of carbonyl (C=O) groups is 1. The highest BCUT2D eigenvalue weighted by molar-refractivity contribution is 6.11. The van der Waals surface area contributed by atoms with Crippen LogP contribution in [0.5, 0.6) is 5.75 Å². The molecule has 1 heterocycles. The van der Waals surface area contributed by atoms with Crippen LogP contribution in [-0.2, 0) is 6.61 Å². The number of ether oxygens (including phenoxy) is 1. The molecule has 24 heavy (non-hydrogen) atoms. The second kappa shape index (κ2) is 7.42.